The van der Waals surface area contributed by atoms with Gasteiger partial charge in [-0.05, 0) is 249 Å². The average Bonchev–Trinajstić information content (AvgIpc) is 0.846. The van der Waals surface area contributed by atoms with Crippen LogP contribution in [0.5, 0.6) is 23.5 Å². The topological polar surface area (TPSA) is 191 Å². The molecule has 0 aromatic carbocycles. The SMILES string of the molecule is CC(C)(C)CCc1ccc(OCCCN2CCN(C(C)(C)C)CC2)nc1.CC(C)(C)CCc1ccc(OCCCN2CCN(C(C)(C)C)CC2)nc1.CC(C)(C)NCCOCCOCCN1CCN(CCOC(C)(C)C)CC1.CC(C)C.CC(C)C.CC(C)OCCOCCOCCN1CCN(CCOC(C)(C)C)CC1.CCc1ccc(OC(C)(C)C)nc1.CCc1ccc(OC(C)C)nc1. The second-order valence-corrected chi connectivity index (χ2v) is 46.9. The fraction of sp³-hybridized carbons (Fsp3) is 0.821. The predicted molar refractivity (Wildman–Crippen MR) is 573 cm³/mol. The Morgan fingerprint density at radius 1 is 0.309 bits per heavy atom. The first-order valence-corrected chi connectivity index (χ1v) is 52.7. The Morgan fingerprint density at radius 2 is 0.603 bits per heavy atom. The van der Waals surface area contributed by atoms with Crippen LogP contribution in [0.3, 0.4) is 0 Å². The molecule has 4 aliphatic rings. The van der Waals surface area contributed by atoms with E-state index >= 15 is 0 Å². The lowest BCUT2D eigenvalue weighted by atomic mass is 9.89. The molecule has 8 rings (SSSR count). The molecule has 8 heterocycles. The van der Waals surface area contributed by atoms with Gasteiger partial charge >= 0.3 is 0 Å². The van der Waals surface area contributed by atoms with Crippen LogP contribution < -0.4 is 24.3 Å². The highest BCUT2D eigenvalue weighted by molar-refractivity contribution is 5.21. The Bertz CT molecular complexity index is 3310. The molecule has 136 heavy (non-hydrogen) atoms. The molecule has 0 aliphatic carbocycles. The molecule has 1 N–H and O–H groups in total. The van der Waals surface area contributed by atoms with Gasteiger partial charge in [-0.15, -0.1) is 0 Å². The Hall–Kier alpha value is -4.84. The summed E-state index contributed by atoms with van der Waals surface area (Å²) in [5.74, 6) is 4.58. The number of nitrogens with zero attached hydrogens (tertiary/aromatic N) is 12. The zero-order chi connectivity index (χ0) is 102. The van der Waals surface area contributed by atoms with Crippen molar-refractivity contribution < 1.29 is 52.1 Å². The molecule has 4 aromatic rings. The molecular formula is C112H213N13O11. The van der Waals surface area contributed by atoms with E-state index in [-0.39, 0.29) is 34.6 Å². The zero-order valence-corrected chi connectivity index (χ0v) is 94.7. The lowest BCUT2D eigenvalue weighted by Crippen LogP contribution is -2.53. The first-order valence-electron chi connectivity index (χ1n) is 52.7. The fourth-order valence-corrected chi connectivity index (χ4v) is 13.8. The summed E-state index contributed by atoms with van der Waals surface area (Å²) in [6, 6.07) is 16.3. The van der Waals surface area contributed by atoms with Gasteiger partial charge in [-0.2, -0.15) is 0 Å². The molecule has 4 fully saturated rings. The summed E-state index contributed by atoms with van der Waals surface area (Å²) in [6.07, 6.45) is 16.8. The molecule has 0 amide bonds. The van der Waals surface area contributed by atoms with Crippen molar-refractivity contribution in [1.29, 1.82) is 0 Å². The number of piperazine rings is 4. The van der Waals surface area contributed by atoms with Crippen molar-refractivity contribution in [3.63, 3.8) is 0 Å². The Balaban J connectivity index is 0.000000816. The van der Waals surface area contributed by atoms with Crippen molar-refractivity contribution in [2.75, 3.05) is 236 Å². The Labute approximate surface area is 836 Å². The van der Waals surface area contributed by atoms with Crippen LogP contribution in [0.2, 0.25) is 0 Å². The van der Waals surface area contributed by atoms with Crippen molar-refractivity contribution in [3.05, 3.63) is 95.6 Å². The van der Waals surface area contributed by atoms with Crippen LogP contribution >= 0.6 is 0 Å². The van der Waals surface area contributed by atoms with Crippen LogP contribution in [0.25, 0.3) is 0 Å². The quantitative estimate of drug-likeness (QED) is 0.0411. The lowest BCUT2D eigenvalue weighted by molar-refractivity contribution is -0.0205. The monoisotopic (exact) mass is 1920 g/mol. The van der Waals surface area contributed by atoms with Gasteiger partial charge in [-0.3, -0.25) is 29.4 Å². The van der Waals surface area contributed by atoms with Gasteiger partial charge in [0, 0.05) is 216 Å². The molecule has 792 valence electrons. The summed E-state index contributed by atoms with van der Waals surface area (Å²) in [7, 11) is 0. The van der Waals surface area contributed by atoms with Crippen LogP contribution in [0.4, 0.5) is 0 Å². The summed E-state index contributed by atoms with van der Waals surface area (Å²) < 4.78 is 62.1. The van der Waals surface area contributed by atoms with Crippen LogP contribution in [0.15, 0.2) is 73.3 Å². The van der Waals surface area contributed by atoms with Crippen molar-refractivity contribution in [3.8, 4) is 23.5 Å². The van der Waals surface area contributed by atoms with Crippen molar-refractivity contribution in [1.82, 2.24) is 64.5 Å². The number of nitrogens with one attached hydrogen (secondary N) is 1. The summed E-state index contributed by atoms with van der Waals surface area (Å²) in [6.45, 7) is 113. The van der Waals surface area contributed by atoms with Crippen LogP contribution in [0.1, 0.15) is 297 Å². The highest BCUT2D eigenvalue weighted by Gasteiger charge is 2.28. The number of hydrogen-bond donors (Lipinski definition) is 1. The minimum atomic E-state index is -0.166. The van der Waals surface area contributed by atoms with Crippen LogP contribution in [-0.4, -0.2) is 341 Å². The molecule has 0 saturated carbocycles. The van der Waals surface area contributed by atoms with Crippen LogP contribution in [-0.2, 0) is 58.8 Å². The van der Waals surface area contributed by atoms with Crippen LogP contribution in [0, 0.1) is 22.7 Å². The van der Waals surface area contributed by atoms with Gasteiger partial charge in [0.05, 0.1) is 109 Å². The lowest BCUT2D eigenvalue weighted by Gasteiger charge is -2.42. The van der Waals surface area contributed by atoms with Crippen molar-refractivity contribution >= 4 is 0 Å². The summed E-state index contributed by atoms with van der Waals surface area (Å²) in [4.78, 5) is 37.5. The number of pyridine rings is 4. The molecule has 0 atom stereocenters. The van der Waals surface area contributed by atoms with E-state index in [1.807, 2.05) is 110 Å². The van der Waals surface area contributed by atoms with Gasteiger partial charge in [0.25, 0.3) is 0 Å². The third kappa shape index (κ3) is 77.8. The van der Waals surface area contributed by atoms with E-state index in [0.717, 1.165) is 233 Å². The van der Waals surface area contributed by atoms with Gasteiger partial charge in [0.1, 0.15) is 5.60 Å². The Kier molecular flexibility index (Phi) is 67.2. The highest BCUT2D eigenvalue weighted by atomic mass is 16.6. The molecule has 24 heteroatoms. The largest absolute Gasteiger partial charge is 0.478 e. The summed E-state index contributed by atoms with van der Waals surface area (Å²) >= 11 is 0. The third-order valence-corrected chi connectivity index (χ3v) is 21.7. The maximum Gasteiger partial charge on any atom is 0.213 e. The van der Waals surface area contributed by atoms with Gasteiger partial charge in [0.15, 0.2) is 0 Å². The van der Waals surface area contributed by atoms with Crippen molar-refractivity contribution in [2.45, 2.75) is 346 Å². The minimum Gasteiger partial charge on any atom is -0.478 e. The average molecular weight is 1920 g/mol. The van der Waals surface area contributed by atoms with Crippen molar-refractivity contribution in [2.24, 2.45) is 22.7 Å². The fourth-order valence-electron chi connectivity index (χ4n) is 13.8. The third-order valence-electron chi connectivity index (χ3n) is 21.7. The molecule has 24 nitrogen and oxygen atoms in total. The normalized spacial score (nSPS) is 15.8. The van der Waals surface area contributed by atoms with Gasteiger partial charge in [0.2, 0.25) is 23.5 Å². The van der Waals surface area contributed by atoms with E-state index in [0.29, 0.717) is 73.3 Å². The molecule has 4 saturated heterocycles. The maximum atomic E-state index is 5.82. The second kappa shape index (κ2) is 70.8. The number of aromatic nitrogens is 4. The van der Waals surface area contributed by atoms with E-state index in [2.05, 4.69) is 277 Å². The Morgan fingerprint density at radius 3 is 0.890 bits per heavy atom. The van der Waals surface area contributed by atoms with E-state index in [1.54, 1.807) is 0 Å². The summed E-state index contributed by atoms with van der Waals surface area (Å²) in [5.41, 5.74) is 6.31. The smallest absolute Gasteiger partial charge is 0.213 e. The second-order valence-electron chi connectivity index (χ2n) is 46.9. The van der Waals surface area contributed by atoms with E-state index in [9.17, 15) is 0 Å². The molecule has 0 unspecified atom stereocenters. The number of ether oxygens (including phenoxy) is 11. The standard InChI is InChI=1S/2C22H39N3O.C20H43N3O3.C19H40N2O4.C11H17NO.C10H15NO.2C4H10/c2*1-21(2,3)11-10-19-8-9-20(23-18-19)26-17-7-12-24-13-15-25(16-14-24)22(4,5)6;1-19(2,3)21-7-14-24-17-18-25-15-12-22-8-10-23(11-9-22)13-16-26-20(4,5)6;1-18(2)24-17-16-23-15-14-22-12-10-20-6-8-21(9-7-20)11-13-25-19(3,4)5;1-5-9-6-7-10(12-8-9)13-11(2,3)4;1-4-9-5-6-10(11-7-9)12-8(2)3;2*1-4(2)3/h2*8-9,18H,7,10-17H2,1-6H3;21H,7-18H2,1-6H3;18H,6-17H2,1-5H3;6-8H,5H2,1-4H3;5-8H,4H2,1-3H3;2*4H,1-3H3. The minimum absolute atomic E-state index is 0.0357. The molecule has 0 spiro atoms. The number of rotatable bonds is 44. The molecule has 4 aliphatic heterocycles. The zero-order valence-electron chi connectivity index (χ0n) is 94.7. The van der Waals surface area contributed by atoms with E-state index < -0.39 is 0 Å². The number of hydrogen-bond acceptors (Lipinski definition) is 24. The predicted octanol–water partition coefficient (Wildman–Crippen LogP) is 20.8. The molecule has 0 radical (unpaired) electrons. The molecule has 0 bridgehead atoms. The summed E-state index contributed by atoms with van der Waals surface area (Å²) in [5, 5.41) is 3.41. The maximum absolute atomic E-state index is 5.82. The molecule has 4 aromatic heterocycles. The highest BCUT2D eigenvalue weighted by Crippen LogP contribution is 2.25. The van der Waals surface area contributed by atoms with E-state index in [1.165, 1.54) is 61.3 Å². The first-order chi connectivity index (χ1) is 63.5. The first kappa shape index (κ1) is 129. The van der Waals surface area contributed by atoms with E-state index in [4.69, 9.17) is 52.1 Å². The molecular weight excluding hydrogens is 1700 g/mol. The van der Waals surface area contributed by atoms with Gasteiger partial charge in [-0.25, -0.2) is 19.9 Å². The number of aryl methyl sites for hydroxylation is 4. The van der Waals surface area contributed by atoms with Gasteiger partial charge in [-0.1, -0.05) is 121 Å². The van der Waals surface area contributed by atoms with Gasteiger partial charge < -0.3 is 67.2 Å².